The molecule has 0 bridgehead atoms. The summed E-state index contributed by atoms with van der Waals surface area (Å²) in [5.74, 6) is 1.79. The van der Waals surface area contributed by atoms with Crippen LogP contribution in [-0.2, 0) is 4.79 Å². The number of benzene rings is 2. The molecule has 0 fully saturated rings. The fourth-order valence-corrected chi connectivity index (χ4v) is 2.46. The van der Waals surface area contributed by atoms with Gasteiger partial charge >= 0.3 is 5.97 Å². The summed E-state index contributed by atoms with van der Waals surface area (Å²) in [6.07, 6.45) is 4.08. The van der Waals surface area contributed by atoms with E-state index in [2.05, 4.69) is 13.8 Å². The summed E-state index contributed by atoms with van der Waals surface area (Å²) in [4.78, 5) is 12.2. The lowest BCUT2D eigenvalue weighted by Gasteiger charge is -2.13. The van der Waals surface area contributed by atoms with Crippen molar-refractivity contribution in [2.45, 2.75) is 26.2 Å². The molecule has 4 nitrogen and oxygen atoms in total. The summed E-state index contributed by atoms with van der Waals surface area (Å²) in [7, 11) is 3.16. The van der Waals surface area contributed by atoms with E-state index in [-0.39, 0.29) is 0 Å². The van der Waals surface area contributed by atoms with Gasteiger partial charge in [-0.25, -0.2) is 4.79 Å². The molecule has 25 heavy (non-hydrogen) atoms. The van der Waals surface area contributed by atoms with Crippen LogP contribution in [0.1, 0.15) is 37.3 Å². The number of esters is 1. The summed E-state index contributed by atoms with van der Waals surface area (Å²) in [6, 6.07) is 13.1. The van der Waals surface area contributed by atoms with Crippen molar-refractivity contribution in [2.24, 2.45) is 0 Å². The van der Waals surface area contributed by atoms with Crippen molar-refractivity contribution >= 4 is 12.0 Å². The van der Waals surface area contributed by atoms with Crippen LogP contribution in [0.5, 0.6) is 17.2 Å². The molecular weight excluding hydrogens is 316 g/mol. The second kappa shape index (κ2) is 8.92. The lowest BCUT2D eigenvalue weighted by atomic mass is 9.98. The van der Waals surface area contributed by atoms with Crippen LogP contribution in [-0.4, -0.2) is 20.2 Å². The monoisotopic (exact) mass is 340 g/mol. The number of methoxy groups -OCH3 is 2. The molecule has 0 aliphatic heterocycles. The van der Waals surface area contributed by atoms with Gasteiger partial charge in [-0.2, -0.15) is 0 Å². The summed E-state index contributed by atoms with van der Waals surface area (Å²) >= 11 is 0. The highest BCUT2D eigenvalue weighted by Crippen LogP contribution is 2.29. The maximum absolute atomic E-state index is 12.2. The van der Waals surface area contributed by atoms with Crippen molar-refractivity contribution in [3.05, 3.63) is 59.7 Å². The van der Waals surface area contributed by atoms with Crippen LogP contribution >= 0.6 is 0 Å². The molecule has 0 aliphatic carbocycles. The Bertz CT molecular complexity index is 749. The van der Waals surface area contributed by atoms with Crippen LogP contribution < -0.4 is 14.2 Å². The van der Waals surface area contributed by atoms with Crippen LogP contribution in [0, 0.1) is 0 Å². The van der Waals surface area contributed by atoms with Crippen LogP contribution in [0.15, 0.2) is 48.5 Å². The lowest BCUT2D eigenvalue weighted by molar-refractivity contribution is -0.128. The summed E-state index contributed by atoms with van der Waals surface area (Å²) in [6.45, 7) is 4.23. The van der Waals surface area contributed by atoms with Crippen LogP contribution in [0.25, 0.3) is 6.08 Å². The molecule has 4 heteroatoms. The van der Waals surface area contributed by atoms with Gasteiger partial charge in [0, 0.05) is 6.08 Å². The molecule has 0 saturated heterocycles. The molecule has 132 valence electrons. The van der Waals surface area contributed by atoms with Gasteiger partial charge in [0.2, 0.25) is 0 Å². The first kappa shape index (κ1) is 18.6. The Morgan fingerprint density at radius 3 is 2.44 bits per heavy atom. The number of carbonyl (C=O) groups is 1. The van der Waals surface area contributed by atoms with E-state index < -0.39 is 5.97 Å². The van der Waals surface area contributed by atoms with Gasteiger partial charge in [-0.1, -0.05) is 38.1 Å². The largest absolute Gasteiger partial charge is 0.493 e. The fourth-order valence-electron chi connectivity index (χ4n) is 2.46. The Hall–Kier alpha value is -2.75. The van der Waals surface area contributed by atoms with Gasteiger partial charge in [0.1, 0.15) is 5.75 Å². The summed E-state index contributed by atoms with van der Waals surface area (Å²) in [5.41, 5.74) is 1.86. The van der Waals surface area contributed by atoms with E-state index in [0.29, 0.717) is 23.2 Å². The van der Waals surface area contributed by atoms with E-state index in [1.807, 2.05) is 30.3 Å². The van der Waals surface area contributed by atoms with Crippen molar-refractivity contribution in [1.82, 2.24) is 0 Å². The number of para-hydroxylation sites is 1. The maximum atomic E-state index is 12.2. The molecule has 0 heterocycles. The van der Waals surface area contributed by atoms with E-state index in [1.54, 1.807) is 32.4 Å². The highest BCUT2D eigenvalue weighted by atomic mass is 16.5. The third kappa shape index (κ3) is 4.86. The highest BCUT2D eigenvalue weighted by molar-refractivity contribution is 5.89. The van der Waals surface area contributed by atoms with Crippen molar-refractivity contribution in [3.63, 3.8) is 0 Å². The van der Waals surface area contributed by atoms with Gasteiger partial charge in [0.15, 0.2) is 11.5 Å². The molecule has 2 rings (SSSR count). The normalized spacial score (nSPS) is 12.0. The van der Waals surface area contributed by atoms with Crippen molar-refractivity contribution < 1.29 is 19.0 Å². The predicted molar refractivity (Wildman–Crippen MR) is 99.4 cm³/mol. The zero-order valence-electron chi connectivity index (χ0n) is 15.1. The summed E-state index contributed by atoms with van der Waals surface area (Å²) < 4.78 is 16.0. The minimum Gasteiger partial charge on any atom is -0.493 e. The molecule has 0 aliphatic rings. The van der Waals surface area contributed by atoms with Gasteiger partial charge in [0.25, 0.3) is 0 Å². The first-order valence-corrected chi connectivity index (χ1v) is 8.29. The van der Waals surface area contributed by atoms with Crippen molar-refractivity contribution in [1.29, 1.82) is 0 Å². The molecule has 2 aromatic carbocycles. The molecule has 0 N–H and O–H groups in total. The minimum atomic E-state index is -0.412. The van der Waals surface area contributed by atoms with Gasteiger partial charge in [-0.15, -0.1) is 0 Å². The SMILES string of the molecule is CC[C@@H](C)c1ccccc1OC(=O)/C=C/c1ccc(OC)c(OC)c1. The van der Waals surface area contributed by atoms with Gasteiger partial charge in [-0.05, 0) is 47.7 Å². The van der Waals surface area contributed by atoms with Crippen LogP contribution in [0.2, 0.25) is 0 Å². The molecule has 0 unspecified atom stereocenters. The second-order valence-corrected chi connectivity index (χ2v) is 5.72. The Balaban J connectivity index is 2.12. The Kier molecular flexibility index (Phi) is 6.63. The topological polar surface area (TPSA) is 44.8 Å². The predicted octanol–water partition coefficient (Wildman–Crippen LogP) is 4.84. The van der Waals surface area contributed by atoms with Gasteiger partial charge in [-0.3, -0.25) is 0 Å². The number of hydrogen-bond acceptors (Lipinski definition) is 4. The van der Waals surface area contributed by atoms with Crippen molar-refractivity contribution in [3.8, 4) is 17.2 Å². The molecule has 0 spiro atoms. The highest BCUT2D eigenvalue weighted by Gasteiger charge is 2.11. The number of rotatable bonds is 7. The zero-order valence-corrected chi connectivity index (χ0v) is 15.1. The first-order chi connectivity index (χ1) is 12.1. The van der Waals surface area contributed by atoms with Crippen molar-refractivity contribution in [2.75, 3.05) is 14.2 Å². The second-order valence-electron chi connectivity index (χ2n) is 5.72. The third-order valence-electron chi connectivity index (χ3n) is 4.09. The molecule has 2 aromatic rings. The van der Waals surface area contributed by atoms with E-state index >= 15 is 0 Å². The lowest BCUT2D eigenvalue weighted by Crippen LogP contribution is -2.07. The maximum Gasteiger partial charge on any atom is 0.336 e. The third-order valence-corrected chi connectivity index (χ3v) is 4.09. The van der Waals surface area contributed by atoms with Crippen LogP contribution in [0.3, 0.4) is 0 Å². The average Bonchev–Trinajstić information content (AvgIpc) is 2.65. The van der Waals surface area contributed by atoms with E-state index in [0.717, 1.165) is 17.5 Å². The smallest absolute Gasteiger partial charge is 0.336 e. The minimum absolute atomic E-state index is 0.332. The molecule has 0 saturated carbocycles. The van der Waals surface area contributed by atoms with Gasteiger partial charge in [0.05, 0.1) is 14.2 Å². The Morgan fingerprint density at radius 1 is 1.04 bits per heavy atom. The first-order valence-electron chi connectivity index (χ1n) is 8.29. The molecular formula is C21H24O4. The molecule has 0 amide bonds. The van der Waals surface area contributed by atoms with E-state index in [1.165, 1.54) is 6.08 Å². The average molecular weight is 340 g/mol. The van der Waals surface area contributed by atoms with Crippen LogP contribution in [0.4, 0.5) is 0 Å². The molecule has 0 aromatic heterocycles. The van der Waals surface area contributed by atoms with Gasteiger partial charge < -0.3 is 14.2 Å². The molecule has 1 atom stereocenters. The quantitative estimate of drug-likeness (QED) is 0.411. The number of carbonyl (C=O) groups excluding carboxylic acids is 1. The summed E-state index contributed by atoms with van der Waals surface area (Å²) in [5, 5.41) is 0. The fraction of sp³-hybridized carbons (Fsp3) is 0.286. The number of ether oxygens (including phenoxy) is 3. The Labute approximate surface area is 149 Å². The van der Waals surface area contributed by atoms with E-state index in [4.69, 9.17) is 14.2 Å². The zero-order chi connectivity index (χ0) is 18.2. The number of hydrogen-bond donors (Lipinski definition) is 0. The standard InChI is InChI=1S/C21H24O4/c1-5-15(2)17-8-6-7-9-18(17)25-21(22)13-11-16-10-12-19(23-3)20(14-16)24-4/h6-15H,5H2,1-4H3/b13-11+/t15-/m1/s1. The Morgan fingerprint density at radius 2 is 1.76 bits per heavy atom. The molecule has 0 radical (unpaired) electrons. The van der Waals surface area contributed by atoms with E-state index in [9.17, 15) is 4.79 Å².